The van der Waals surface area contributed by atoms with Crippen LogP contribution in [0.3, 0.4) is 0 Å². The summed E-state index contributed by atoms with van der Waals surface area (Å²) in [5, 5.41) is 0.667. The molecule has 0 amide bonds. The molecule has 4 heteroatoms. The van der Waals surface area contributed by atoms with Crippen LogP contribution in [0.4, 0.5) is 0 Å². The quantitative estimate of drug-likeness (QED) is 0.541. The van der Waals surface area contributed by atoms with E-state index in [1.54, 1.807) is 0 Å². The second-order valence-electron chi connectivity index (χ2n) is 5.81. The molecule has 0 aromatic carbocycles. The first-order valence-corrected chi connectivity index (χ1v) is 8.33. The molecule has 2 saturated carbocycles. The van der Waals surface area contributed by atoms with Crippen LogP contribution in [0, 0.1) is 9.49 Å². The third-order valence-corrected chi connectivity index (χ3v) is 5.78. The molecule has 1 heterocycles. The molecule has 0 aliphatic heterocycles. The van der Waals surface area contributed by atoms with Crippen LogP contribution in [-0.2, 0) is 0 Å². The minimum absolute atomic E-state index is 0.528. The molecular weight excluding hydrogens is 359 g/mol. The van der Waals surface area contributed by atoms with Gasteiger partial charge in [-0.05, 0) is 54.2 Å². The van der Waals surface area contributed by atoms with Crippen LogP contribution in [0.15, 0.2) is 0 Å². The topological polar surface area (TPSA) is 25.8 Å². The van der Waals surface area contributed by atoms with E-state index in [4.69, 9.17) is 16.6 Å². The Hall–Kier alpha value is 0.1000. The highest BCUT2D eigenvalue weighted by Crippen LogP contribution is 2.43. The molecule has 0 saturated heterocycles. The van der Waals surface area contributed by atoms with Crippen LogP contribution in [0.5, 0.6) is 0 Å². The van der Waals surface area contributed by atoms with Crippen LogP contribution in [-0.4, -0.2) is 9.97 Å². The zero-order valence-corrected chi connectivity index (χ0v) is 13.5. The van der Waals surface area contributed by atoms with Gasteiger partial charge in [0.2, 0.25) is 0 Å². The second kappa shape index (κ2) is 5.23. The van der Waals surface area contributed by atoms with E-state index in [1.165, 1.54) is 44.2 Å². The Kier molecular flexibility index (Phi) is 3.81. The fourth-order valence-electron chi connectivity index (χ4n) is 2.93. The lowest BCUT2D eigenvalue weighted by molar-refractivity contribution is 0.334. The Labute approximate surface area is 127 Å². The van der Waals surface area contributed by atoms with Crippen molar-refractivity contribution in [2.45, 2.75) is 57.3 Å². The minimum atomic E-state index is 0.528. The van der Waals surface area contributed by atoms with Crippen LogP contribution < -0.4 is 0 Å². The fourth-order valence-corrected chi connectivity index (χ4v) is 3.80. The maximum absolute atomic E-state index is 6.29. The van der Waals surface area contributed by atoms with E-state index in [0.717, 1.165) is 15.3 Å². The predicted octanol–water partition coefficient (Wildman–Crippen LogP) is 4.91. The fraction of sp³-hybridized carbons (Fsp3) is 0.714. The summed E-state index contributed by atoms with van der Waals surface area (Å²) in [5.74, 6) is 2.99. The highest BCUT2D eigenvalue weighted by Gasteiger charge is 2.31. The first-order valence-electron chi connectivity index (χ1n) is 6.88. The number of aromatic nitrogens is 2. The molecule has 2 unspecified atom stereocenters. The summed E-state index contributed by atoms with van der Waals surface area (Å²) < 4.78 is 1.07. The molecule has 2 aliphatic rings. The molecule has 0 radical (unpaired) electrons. The zero-order chi connectivity index (χ0) is 12.7. The number of halogens is 2. The molecule has 1 aromatic heterocycles. The third-order valence-electron chi connectivity index (χ3n) is 4.12. The van der Waals surface area contributed by atoms with Crippen LogP contribution in [0.2, 0.25) is 5.15 Å². The molecule has 2 atom stereocenters. The van der Waals surface area contributed by atoms with E-state index >= 15 is 0 Å². The van der Waals surface area contributed by atoms with E-state index in [1.807, 2.05) is 0 Å². The largest absolute Gasteiger partial charge is 0.236 e. The van der Waals surface area contributed by atoms with Crippen molar-refractivity contribution in [1.29, 1.82) is 0 Å². The van der Waals surface area contributed by atoms with Gasteiger partial charge in [0.05, 0.1) is 9.26 Å². The normalized spacial score (nSPS) is 28.4. The summed E-state index contributed by atoms with van der Waals surface area (Å²) in [7, 11) is 0. The summed E-state index contributed by atoms with van der Waals surface area (Å²) in [6.45, 7) is 2.34. The van der Waals surface area contributed by atoms with Crippen LogP contribution >= 0.6 is 34.2 Å². The summed E-state index contributed by atoms with van der Waals surface area (Å²) in [5.41, 5.74) is 1.21. The highest BCUT2D eigenvalue weighted by atomic mass is 127. The van der Waals surface area contributed by atoms with Crippen molar-refractivity contribution in [2.24, 2.45) is 5.92 Å². The number of hydrogen-bond donors (Lipinski definition) is 0. The molecule has 2 aliphatic carbocycles. The molecule has 0 N–H and O–H groups in total. The van der Waals surface area contributed by atoms with Gasteiger partial charge in [0.15, 0.2) is 0 Å². The molecule has 2 nitrogen and oxygen atoms in total. The Morgan fingerprint density at radius 3 is 2.56 bits per heavy atom. The average molecular weight is 377 g/mol. The van der Waals surface area contributed by atoms with Gasteiger partial charge >= 0.3 is 0 Å². The van der Waals surface area contributed by atoms with Crippen molar-refractivity contribution < 1.29 is 0 Å². The van der Waals surface area contributed by atoms with Crippen LogP contribution in [0.1, 0.15) is 68.8 Å². The van der Waals surface area contributed by atoms with Gasteiger partial charge in [0.25, 0.3) is 0 Å². The first-order chi connectivity index (χ1) is 8.65. The molecule has 18 heavy (non-hydrogen) atoms. The van der Waals surface area contributed by atoms with Crippen molar-refractivity contribution in [2.75, 3.05) is 0 Å². The number of hydrogen-bond acceptors (Lipinski definition) is 2. The Morgan fingerprint density at radius 1 is 1.11 bits per heavy atom. The number of nitrogens with zero attached hydrogens (tertiary/aromatic N) is 2. The van der Waals surface area contributed by atoms with Crippen molar-refractivity contribution in [1.82, 2.24) is 9.97 Å². The Balaban J connectivity index is 1.91. The van der Waals surface area contributed by atoms with Gasteiger partial charge in [0.1, 0.15) is 11.0 Å². The summed E-state index contributed by atoms with van der Waals surface area (Å²) >= 11 is 8.58. The van der Waals surface area contributed by atoms with Gasteiger partial charge in [0, 0.05) is 11.8 Å². The minimum Gasteiger partial charge on any atom is -0.236 e. The summed E-state index contributed by atoms with van der Waals surface area (Å²) in [6, 6.07) is 0. The monoisotopic (exact) mass is 376 g/mol. The van der Waals surface area contributed by atoms with E-state index in [0.29, 0.717) is 17.0 Å². The smallest absolute Gasteiger partial charge is 0.146 e. The molecule has 2 fully saturated rings. The van der Waals surface area contributed by atoms with E-state index in [9.17, 15) is 0 Å². The van der Waals surface area contributed by atoms with E-state index in [-0.39, 0.29) is 0 Å². The lowest BCUT2D eigenvalue weighted by atomic mass is 9.82. The van der Waals surface area contributed by atoms with Gasteiger partial charge in [-0.25, -0.2) is 9.97 Å². The van der Waals surface area contributed by atoms with Gasteiger partial charge in [-0.3, -0.25) is 0 Å². The summed E-state index contributed by atoms with van der Waals surface area (Å²) in [4.78, 5) is 9.40. The van der Waals surface area contributed by atoms with E-state index in [2.05, 4.69) is 34.5 Å². The van der Waals surface area contributed by atoms with Crippen molar-refractivity contribution in [3.63, 3.8) is 0 Å². The standard InChI is InChI=1S/C14H18ClIN2/c1-8-3-2-4-10(7-8)14-17-12(9-5-6-9)11(16)13(15)18-14/h8-10H,2-7H2,1H3. The third kappa shape index (κ3) is 2.67. The SMILES string of the molecule is CC1CCCC(c2nc(Cl)c(I)c(C3CC3)n2)C1. The molecule has 0 spiro atoms. The molecular formula is C14H18ClIN2. The molecule has 0 bridgehead atoms. The van der Waals surface area contributed by atoms with Gasteiger partial charge < -0.3 is 0 Å². The Bertz CT molecular complexity index is 459. The Morgan fingerprint density at radius 2 is 1.89 bits per heavy atom. The predicted molar refractivity (Wildman–Crippen MR) is 82.1 cm³/mol. The number of rotatable bonds is 2. The van der Waals surface area contributed by atoms with Gasteiger partial charge in [-0.15, -0.1) is 0 Å². The molecule has 98 valence electrons. The first kappa shape index (κ1) is 13.1. The highest BCUT2D eigenvalue weighted by molar-refractivity contribution is 14.1. The summed E-state index contributed by atoms with van der Waals surface area (Å²) in [6.07, 6.45) is 7.64. The maximum atomic E-state index is 6.29. The second-order valence-corrected chi connectivity index (χ2v) is 7.25. The molecule has 1 aromatic rings. The van der Waals surface area contributed by atoms with Crippen molar-refractivity contribution >= 4 is 34.2 Å². The zero-order valence-electron chi connectivity index (χ0n) is 10.6. The average Bonchev–Trinajstić information content (AvgIpc) is 3.16. The van der Waals surface area contributed by atoms with Crippen molar-refractivity contribution in [3.05, 3.63) is 20.2 Å². The van der Waals surface area contributed by atoms with Crippen molar-refractivity contribution in [3.8, 4) is 0 Å². The van der Waals surface area contributed by atoms with Gasteiger partial charge in [-0.1, -0.05) is 31.4 Å². The lowest BCUT2D eigenvalue weighted by Crippen LogP contribution is -2.15. The lowest BCUT2D eigenvalue weighted by Gasteiger charge is -2.26. The maximum Gasteiger partial charge on any atom is 0.146 e. The van der Waals surface area contributed by atoms with Crippen LogP contribution in [0.25, 0.3) is 0 Å². The van der Waals surface area contributed by atoms with E-state index < -0.39 is 0 Å². The molecule has 3 rings (SSSR count). The van der Waals surface area contributed by atoms with Gasteiger partial charge in [-0.2, -0.15) is 0 Å².